The second-order valence-corrected chi connectivity index (χ2v) is 6.04. The zero-order chi connectivity index (χ0) is 20.1. The molecule has 2 aromatic carbocycles. The predicted molar refractivity (Wildman–Crippen MR) is 96.3 cm³/mol. The minimum atomic E-state index is -4.47. The van der Waals surface area contributed by atoms with Crippen molar-refractivity contribution in [3.8, 4) is 5.75 Å². The smallest absolute Gasteiger partial charge is 0.422 e. The van der Waals surface area contributed by atoms with Crippen molar-refractivity contribution >= 4 is 22.7 Å². The fourth-order valence-electron chi connectivity index (χ4n) is 2.69. The van der Waals surface area contributed by atoms with Crippen LogP contribution in [0.25, 0.3) is 11.1 Å². The van der Waals surface area contributed by atoms with Crippen molar-refractivity contribution in [3.63, 3.8) is 0 Å². The van der Waals surface area contributed by atoms with E-state index in [0.29, 0.717) is 17.5 Å². The van der Waals surface area contributed by atoms with Crippen LogP contribution in [0.5, 0.6) is 5.75 Å². The molecule has 28 heavy (non-hydrogen) atoms. The SMILES string of the molecule is O=C(CCCn1c(=O)oc2ccccc21)Nc1ccccc1OCC(F)(F)F. The number of amides is 1. The highest BCUT2D eigenvalue weighted by Crippen LogP contribution is 2.26. The van der Waals surface area contributed by atoms with Gasteiger partial charge in [-0.25, -0.2) is 4.79 Å². The average Bonchev–Trinajstić information content (AvgIpc) is 2.96. The van der Waals surface area contributed by atoms with Crippen molar-refractivity contribution in [2.75, 3.05) is 11.9 Å². The zero-order valence-corrected chi connectivity index (χ0v) is 14.7. The number of anilines is 1. The molecule has 0 aliphatic rings. The second kappa shape index (κ2) is 8.20. The number of alkyl halides is 3. The third-order valence-electron chi connectivity index (χ3n) is 3.91. The number of benzene rings is 2. The molecule has 0 bridgehead atoms. The zero-order valence-electron chi connectivity index (χ0n) is 14.7. The van der Waals surface area contributed by atoms with Crippen LogP contribution in [0.15, 0.2) is 57.7 Å². The van der Waals surface area contributed by atoms with Crippen LogP contribution < -0.4 is 15.8 Å². The van der Waals surface area contributed by atoms with E-state index in [1.54, 1.807) is 30.3 Å². The van der Waals surface area contributed by atoms with Gasteiger partial charge in [-0.3, -0.25) is 9.36 Å². The molecule has 1 heterocycles. The molecule has 0 aliphatic carbocycles. The maximum absolute atomic E-state index is 12.3. The Labute approximate surface area is 157 Å². The van der Waals surface area contributed by atoms with Crippen molar-refractivity contribution in [2.45, 2.75) is 25.6 Å². The van der Waals surface area contributed by atoms with Crippen LogP contribution in [-0.2, 0) is 11.3 Å². The van der Waals surface area contributed by atoms with Gasteiger partial charge in [0, 0.05) is 13.0 Å². The number of aryl methyl sites for hydroxylation is 1. The molecule has 0 atom stereocenters. The molecule has 1 N–H and O–H groups in total. The average molecular weight is 394 g/mol. The van der Waals surface area contributed by atoms with Crippen LogP contribution in [0, 0.1) is 0 Å². The van der Waals surface area contributed by atoms with E-state index >= 15 is 0 Å². The molecule has 6 nitrogen and oxygen atoms in total. The summed E-state index contributed by atoms with van der Waals surface area (Å²) in [6.45, 7) is -1.17. The molecule has 3 rings (SSSR count). The van der Waals surface area contributed by atoms with Crippen molar-refractivity contribution in [3.05, 3.63) is 59.1 Å². The van der Waals surface area contributed by atoms with E-state index in [4.69, 9.17) is 9.15 Å². The highest BCUT2D eigenvalue weighted by molar-refractivity contribution is 5.92. The topological polar surface area (TPSA) is 73.5 Å². The highest BCUT2D eigenvalue weighted by Gasteiger charge is 2.28. The summed E-state index contributed by atoms with van der Waals surface area (Å²) in [5.41, 5.74) is 1.26. The lowest BCUT2D eigenvalue weighted by Crippen LogP contribution is -2.20. The molecule has 0 spiro atoms. The summed E-state index contributed by atoms with van der Waals surface area (Å²) >= 11 is 0. The summed E-state index contributed by atoms with van der Waals surface area (Å²) in [7, 11) is 0. The quantitative estimate of drug-likeness (QED) is 0.659. The Hall–Kier alpha value is -3.23. The van der Waals surface area contributed by atoms with E-state index in [2.05, 4.69) is 5.32 Å². The van der Waals surface area contributed by atoms with Crippen LogP contribution in [0.4, 0.5) is 18.9 Å². The third-order valence-corrected chi connectivity index (χ3v) is 3.91. The van der Waals surface area contributed by atoms with Crippen molar-refractivity contribution in [1.82, 2.24) is 4.57 Å². The first kappa shape index (κ1) is 19.5. The van der Waals surface area contributed by atoms with Gasteiger partial charge in [0.1, 0.15) is 5.75 Å². The van der Waals surface area contributed by atoms with E-state index in [-0.39, 0.29) is 24.4 Å². The lowest BCUT2D eigenvalue weighted by atomic mass is 10.2. The van der Waals surface area contributed by atoms with Gasteiger partial charge in [0.25, 0.3) is 0 Å². The molecular formula is C19H17F3N2O4. The summed E-state index contributed by atoms with van der Waals surface area (Å²) in [5, 5.41) is 2.54. The standard InChI is InChI=1S/C19H17F3N2O4/c20-19(21,22)12-27-15-8-3-1-6-13(15)23-17(25)10-5-11-24-14-7-2-4-9-16(14)28-18(24)26/h1-4,6-9H,5,10-12H2,(H,23,25). The number of carbonyl (C=O) groups is 1. The fourth-order valence-corrected chi connectivity index (χ4v) is 2.69. The number of hydrogen-bond donors (Lipinski definition) is 1. The molecule has 0 unspecified atom stereocenters. The van der Waals surface area contributed by atoms with E-state index in [0.717, 1.165) is 0 Å². The number of nitrogens with zero attached hydrogens (tertiary/aromatic N) is 1. The molecule has 3 aromatic rings. The largest absolute Gasteiger partial charge is 0.482 e. The highest BCUT2D eigenvalue weighted by atomic mass is 19.4. The predicted octanol–water partition coefficient (Wildman–Crippen LogP) is 3.95. The maximum Gasteiger partial charge on any atom is 0.422 e. The summed E-state index contributed by atoms with van der Waals surface area (Å²) in [5.74, 6) is -0.971. The lowest BCUT2D eigenvalue weighted by molar-refractivity contribution is -0.153. The van der Waals surface area contributed by atoms with Gasteiger partial charge in [-0.2, -0.15) is 13.2 Å². The van der Waals surface area contributed by atoms with Gasteiger partial charge in [-0.05, 0) is 30.7 Å². The van der Waals surface area contributed by atoms with Crippen LogP contribution in [-0.4, -0.2) is 23.3 Å². The van der Waals surface area contributed by atoms with Gasteiger partial charge in [-0.15, -0.1) is 0 Å². The van der Waals surface area contributed by atoms with Gasteiger partial charge in [0.2, 0.25) is 5.91 Å². The first-order valence-corrected chi connectivity index (χ1v) is 8.50. The summed E-state index contributed by atoms with van der Waals surface area (Å²) in [6, 6.07) is 12.8. The summed E-state index contributed by atoms with van der Waals surface area (Å²) in [4.78, 5) is 24.0. The normalized spacial score (nSPS) is 11.5. The third kappa shape index (κ3) is 4.93. The molecule has 1 aromatic heterocycles. The van der Waals surface area contributed by atoms with Crippen LogP contribution in [0.1, 0.15) is 12.8 Å². The number of oxazole rings is 1. The maximum atomic E-state index is 12.3. The van der Waals surface area contributed by atoms with Crippen LogP contribution >= 0.6 is 0 Å². The van der Waals surface area contributed by atoms with Crippen molar-refractivity contribution in [1.29, 1.82) is 0 Å². The first-order chi connectivity index (χ1) is 13.3. The molecule has 0 radical (unpaired) electrons. The lowest BCUT2D eigenvalue weighted by Gasteiger charge is -2.13. The Morgan fingerprint density at radius 1 is 1.11 bits per heavy atom. The summed E-state index contributed by atoms with van der Waals surface area (Å²) in [6.07, 6.45) is -4.06. The Morgan fingerprint density at radius 2 is 1.82 bits per heavy atom. The van der Waals surface area contributed by atoms with Gasteiger partial charge < -0.3 is 14.5 Å². The Kier molecular flexibility index (Phi) is 5.72. The van der Waals surface area contributed by atoms with E-state index in [9.17, 15) is 22.8 Å². The van der Waals surface area contributed by atoms with Gasteiger partial charge in [0.05, 0.1) is 11.2 Å². The number of ether oxygens (including phenoxy) is 1. The molecule has 9 heteroatoms. The minimum Gasteiger partial charge on any atom is -0.482 e. The van der Waals surface area contributed by atoms with E-state index in [1.165, 1.54) is 22.8 Å². The van der Waals surface area contributed by atoms with Crippen molar-refractivity contribution < 1.29 is 27.1 Å². The van der Waals surface area contributed by atoms with Gasteiger partial charge in [0.15, 0.2) is 12.2 Å². The van der Waals surface area contributed by atoms with Crippen molar-refractivity contribution in [2.24, 2.45) is 0 Å². The molecule has 0 fully saturated rings. The number of rotatable bonds is 7. The van der Waals surface area contributed by atoms with E-state index < -0.39 is 24.4 Å². The number of halogens is 3. The first-order valence-electron chi connectivity index (χ1n) is 8.50. The summed E-state index contributed by atoms with van der Waals surface area (Å²) < 4.78 is 48.3. The number of para-hydroxylation sites is 4. The molecule has 0 aliphatic heterocycles. The number of hydrogen-bond acceptors (Lipinski definition) is 4. The number of fused-ring (bicyclic) bond motifs is 1. The Bertz CT molecular complexity index is 1020. The molecular weight excluding hydrogens is 377 g/mol. The monoisotopic (exact) mass is 394 g/mol. The van der Waals surface area contributed by atoms with Crippen LogP contribution in [0.3, 0.4) is 0 Å². The number of carbonyl (C=O) groups excluding carboxylic acids is 1. The fraction of sp³-hybridized carbons (Fsp3) is 0.263. The van der Waals surface area contributed by atoms with Gasteiger partial charge >= 0.3 is 11.9 Å². The Balaban J connectivity index is 1.58. The molecule has 148 valence electrons. The second-order valence-electron chi connectivity index (χ2n) is 6.04. The van der Waals surface area contributed by atoms with Crippen LogP contribution in [0.2, 0.25) is 0 Å². The number of aromatic nitrogens is 1. The molecule has 0 saturated carbocycles. The molecule has 1 amide bonds. The van der Waals surface area contributed by atoms with Gasteiger partial charge in [-0.1, -0.05) is 24.3 Å². The molecule has 0 saturated heterocycles. The Morgan fingerprint density at radius 3 is 2.61 bits per heavy atom. The minimum absolute atomic E-state index is 0.0646. The van der Waals surface area contributed by atoms with E-state index in [1.807, 2.05) is 0 Å². The number of nitrogens with one attached hydrogen (secondary N) is 1.